The van der Waals surface area contributed by atoms with E-state index >= 15 is 0 Å². The smallest absolute Gasteiger partial charge is 0.183 e. The minimum Gasteiger partial charge on any atom is -0.283 e. The molecule has 0 saturated heterocycles. The molecule has 0 radical (unpaired) electrons. The monoisotopic (exact) mass is 340 g/mol. The highest BCUT2D eigenvalue weighted by Gasteiger charge is 2.16. The van der Waals surface area contributed by atoms with Crippen LogP contribution in [0.2, 0.25) is 5.02 Å². The van der Waals surface area contributed by atoms with Gasteiger partial charge in [0.25, 0.3) is 0 Å². The number of azo groups is 1. The van der Waals surface area contributed by atoms with E-state index in [0.29, 0.717) is 10.7 Å². The number of aryl methyl sites for hydroxylation is 3. The summed E-state index contributed by atoms with van der Waals surface area (Å²) in [5.41, 5.74) is 5.81. The SMILES string of the molecule is Cc1cc(C)c(N=Nc2c(C(C)C)nc3c(C)cccn23)c(Cl)c1. The van der Waals surface area contributed by atoms with Crippen molar-refractivity contribution in [1.82, 2.24) is 9.38 Å². The first kappa shape index (κ1) is 16.7. The summed E-state index contributed by atoms with van der Waals surface area (Å²) in [4.78, 5) is 4.76. The van der Waals surface area contributed by atoms with E-state index < -0.39 is 0 Å². The van der Waals surface area contributed by atoms with E-state index in [4.69, 9.17) is 16.6 Å². The summed E-state index contributed by atoms with van der Waals surface area (Å²) >= 11 is 6.34. The molecule has 0 N–H and O–H groups in total. The summed E-state index contributed by atoms with van der Waals surface area (Å²) in [5.74, 6) is 1.02. The number of rotatable bonds is 3. The van der Waals surface area contributed by atoms with Gasteiger partial charge in [-0.05, 0) is 55.5 Å². The van der Waals surface area contributed by atoms with E-state index in [1.54, 1.807) is 0 Å². The Morgan fingerprint density at radius 2 is 1.83 bits per heavy atom. The van der Waals surface area contributed by atoms with Gasteiger partial charge in [0.2, 0.25) is 0 Å². The Hall–Kier alpha value is -2.20. The highest BCUT2D eigenvalue weighted by Crippen LogP contribution is 2.34. The predicted molar refractivity (Wildman–Crippen MR) is 99.1 cm³/mol. The number of halogens is 1. The van der Waals surface area contributed by atoms with Crippen molar-refractivity contribution in [2.24, 2.45) is 10.2 Å². The fourth-order valence-corrected chi connectivity index (χ4v) is 3.19. The molecule has 124 valence electrons. The van der Waals surface area contributed by atoms with Crippen molar-refractivity contribution < 1.29 is 0 Å². The first-order chi connectivity index (χ1) is 11.4. The zero-order valence-electron chi connectivity index (χ0n) is 14.6. The molecule has 1 aromatic carbocycles. The molecule has 24 heavy (non-hydrogen) atoms. The summed E-state index contributed by atoms with van der Waals surface area (Å²) in [7, 11) is 0. The number of fused-ring (bicyclic) bond motifs is 1. The molecule has 0 fully saturated rings. The number of benzene rings is 1. The normalized spacial score (nSPS) is 12.0. The van der Waals surface area contributed by atoms with Crippen molar-refractivity contribution in [3.05, 3.63) is 57.9 Å². The molecule has 3 rings (SSSR count). The molecule has 2 heterocycles. The van der Waals surface area contributed by atoms with Crippen molar-refractivity contribution in [2.75, 3.05) is 0 Å². The molecule has 0 unspecified atom stereocenters. The Labute approximate surface area is 147 Å². The van der Waals surface area contributed by atoms with E-state index in [0.717, 1.165) is 33.8 Å². The largest absolute Gasteiger partial charge is 0.283 e. The lowest BCUT2D eigenvalue weighted by atomic mass is 10.1. The summed E-state index contributed by atoms with van der Waals surface area (Å²) < 4.78 is 1.99. The second-order valence-corrected chi connectivity index (χ2v) is 6.88. The van der Waals surface area contributed by atoms with E-state index in [2.05, 4.69) is 30.1 Å². The lowest BCUT2D eigenvalue weighted by Gasteiger charge is -2.05. The third-order valence-electron chi connectivity index (χ3n) is 4.04. The molecule has 0 amide bonds. The minimum absolute atomic E-state index is 0.257. The average molecular weight is 341 g/mol. The van der Waals surface area contributed by atoms with Crippen molar-refractivity contribution in [2.45, 2.75) is 40.5 Å². The maximum Gasteiger partial charge on any atom is 0.183 e. The number of nitrogens with zero attached hydrogens (tertiary/aromatic N) is 4. The van der Waals surface area contributed by atoms with Gasteiger partial charge in [0.1, 0.15) is 11.3 Å². The molecule has 2 aromatic heterocycles. The Morgan fingerprint density at radius 3 is 2.50 bits per heavy atom. The number of aromatic nitrogens is 2. The third kappa shape index (κ3) is 2.94. The van der Waals surface area contributed by atoms with Gasteiger partial charge < -0.3 is 0 Å². The molecule has 0 saturated carbocycles. The van der Waals surface area contributed by atoms with E-state index in [1.165, 1.54) is 0 Å². The van der Waals surface area contributed by atoms with Crippen molar-refractivity contribution in [3.8, 4) is 0 Å². The number of hydrogen-bond acceptors (Lipinski definition) is 3. The zero-order chi connectivity index (χ0) is 17.4. The molecule has 0 atom stereocenters. The molecular formula is C19H21ClN4. The van der Waals surface area contributed by atoms with Gasteiger partial charge in [0.05, 0.1) is 10.7 Å². The molecule has 0 aliphatic rings. The van der Waals surface area contributed by atoms with Crippen LogP contribution in [0, 0.1) is 20.8 Å². The van der Waals surface area contributed by atoms with Gasteiger partial charge in [-0.25, -0.2) is 4.98 Å². The maximum absolute atomic E-state index is 6.34. The zero-order valence-corrected chi connectivity index (χ0v) is 15.4. The Morgan fingerprint density at radius 1 is 1.08 bits per heavy atom. The highest BCUT2D eigenvalue weighted by atomic mass is 35.5. The van der Waals surface area contributed by atoms with Crippen LogP contribution in [0.25, 0.3) is 5.65 Å². The van der Waals surface area contributed by atoms with E-state index in [9.17, 15) is 0 Å². The number of hydrogen-bond donors (Lipinski definition) is 0. The van der Waals surface area contributed by atoms with E-state index in [1.807, 2.05) is 49.6 Å². The van der Waals surface area contributed by atoms with Crippen LogP contribution in [-0.2, 0) is 0 Å². The first-order valence-corrected chi connectivity index (χ1v) is 8.42. The van der Waals surface area contributed by atoms with Gasteiger partial charge in [0.15, 0.2) is 5.82 Å². The van der Waals surface area contributed by atoms with Crippen molar-refractivity contribution >= 4 is 28.8 Å². The average Bonchev–Trinajstić information content (AvgIpc) is 2.87. The topological polar surface area (TPSA) is 42.0 Å². The molecule has 5 heteroatoms. The van der Waals surface area contributed by atoms with Gasteiger partial charge in [0, 0.05) is 6.20 Å². The van der Waals surface area contributed by atoms with Crippen LogP contribution in [0.15, 0.2) is 40.7 Å². The van der Waals surface area contributed by atoms with Gasteiger partial charge in [-0.1, -0.05) is 37.6 Å². The molecule has 0 aliphatic heterocycles. The lowest BCUT2D eigenvalue weighted by Crippen LogP contribution is -1.88. The van der Waals surface area contributed by atoms with Crippen LogP contribution in [0.3, 0.4) is 0 Å². The molecule has 0 aliphatic carbocycles. The third-order valence-corrected chi connectivity index (χ3v) is 4.32. The van der Waals surface area contributed by atoms with E-state index in [-0.39, 0.29) is 5.92 Å². The summed E-state index contributed by atoms with van der Waals surface area (Å²) in [6, 6.07) is 8.01. The molecule has 0 spiro atoms. The predicted octanol–water partition coefficient (Wildman–Crippen LogP) is 6.45. The fraction of sp³-hybridized carbons (Fsp3) is 0.316. The van der Waals surface area contributed by atoms with Crippen molar-refractivity contribution in [3.63, 3.8) is 0 Å². The van der Waals surface area contributed by atoms with Crippen LogP contribution in [0.5, 0.6) is 0 Å². The minimum atomic E-state index is 0.257. The van der Waals surface area contributed by atoms with Gasteiger partial charge in [-0.3, -0.25) is 4.40 Å². The number of pyridine rings is 1. The lowest BCUT2D eigenvalue weighted by molar-refractivity contribution is 0.831. The molecular weight excluding hydrogens is 320 g/mol. The Bertz CT molecular complexity index is 915. The fourth-order valence-electron chi connectivity index (χ4n) is 2.83. The van der Waals surface area contributed by atoms with Gasteiger partial charge in [-0.15, -0.1) is 10.2 Å². The molecule has 4 nitrogen and oxygen atoms in total. The van der Waals surface area contributed by atoms with Crippen molar-refractivity contribution in [1.29, 1.82) is 0 Å². The number of imidazole rings is 1. The van der Waals surface area contributed by atoms with Crippen LogP contribution in [0.1, 0.15) is 42.1 Å². The van der Waals surface area contributed by atoms with Crippen LogP contribution in [0.4, 0.5) is 11.5 Å². The summed E-state index contributed by atoms with van der Waals surface area (Å²) in [6.07, 6.45) is 1.97. The Kier molecular flexibility index (Phi) is 4.41. The summed E-state index contributed by atoms with van der Waals surface area (Å²) in [6.45, 7) is 10.3. The second-order valence-electron chi connectivity index (χ2n) is 6.47. The second kappa shape index (κ2) is 6.36. The van der Waals surface area contributed by atoms with Gasteiger partial charge >= 0.3 is 0 Å². The standard InChI is InChI=1S/C19H21ClN4/c1-11(2)16-19(24-8-6-7-13(4)18(24)21-16)23-22-17-14(5)9-12(3)10-15(17)20/h6-11H,1-5H3. The van der Waals surface area contributed by atoms with Gasteiger partial charge in [-0.2, -0.15) is 0 Å². The first-order valence-electron chi connectivity index (χ1n) is 8.04. The maximum atomic E-state index is 6.34. The molecule has 0 bridgehead atoms. The van der Waals surface area contributed by atoms with Crippen LogP contribution < -0.4 is 0 Å². The Balaban J connectivity index is 2.17. The van der Waals surface area contributed by atoms with Crippen LogP contribution >= 0.6 is 11.6 Å². The quantitative estimate of drug-likeness (QED) is 0.505. The highest BCUT2D eigenvalue weighted by molar-refractivity contribution is 6.33. The summed E-state index contributed by atoms with van der Waals surface area (Å²) in [5, 5.41) is 9.58. The van der Waals surface area contributed by atoms with Crippen LogP contribution in [-0.4, -0.2) is 9.38 Å². The molecule has 3 aromatic rings.